The molecule has 1 heterocycles. The molecular formula is C21H31ClN2O. The second kappa shape index (κ2) is 8.55. The third-order valence-corrected chi connectivity index (χ3v) is 6.10. The molecule has 4 heteroatoms. The van der Waals surface area contributed by atoms with E-state index in [2.05, 4.69) is 36.2 Å². The van der Waals surface area contributed by atoms with E-state index in [0.717, 1.165) is 31.0 Å². The summed E-state index contributed by atoms with van der Waals surface area (Å²) in [6.07, 6.45) is 7.11. The molecule has 1 aliphatic heterocycles. The minimum absolute atomic E-state index is 0.0322. The van der Waals surface area contributed by atoms with Gasteiger partial charge in [0.15, 0.2) is 0 Å². The van der Waals surface area contributed by atoms with E-state index in [1.165, 1.54) is 31.2 Å². The molecule has 0 unspecified atom stereocenters. The van der Waals surface area contributed by atoms with Crippen LogP contribution in [0.25, 0.3) is 0 Å². The lowest BCUT2D eigenvalue weighted by atomic mass is 9.89. The zero-order chi connectivity index (χ0) is 17.8. The molecule has 1 saturated carbocycles. The fraction of sp³-hybridized carbons (Fsp3) is 0.667. The highest BCUT2D eigenvalue weighted by Gasteiger charge is 2.32. The average molecular weight is 363 g/mol. The number of nitrogens with one attached hydrogen (secondary N) is 1. The van der Waals surface area contributed by atoms with Gasteiger partial charge in [-0.25, -0.2) is 0 Å². The lowest BCUT2D eigenvalue weighted by molar-refractivity contribution is -0.135. The largest absolute Gasteiger partial charge is 0.341 e. The van der Waals surface area contributed by atoms with Gasteiger partial charge in [-0.2, -0.15) is 0 Å². The Kier molecular flexibility index (Phi) is 6.40. The smallest absolute Gasteiger partial charge is 0.239 e. The summed E-state index contributed by atoms with van der Waals surface area (Å²) in [5.41, 5.74) is 1.35. The zero-order valence-corrected chi connectivity index (χ0v) is 16.3. The maximum Gasteiger partial charge on any atom is 0.239 e. The van der Waals surface area contributed by atoms with Gasteiger partial charge in [0.05, 0.1) is 6.04 Å². The molecule has 25 heavy (non-hydrogen) atoms. The summed E-state index contributed by atoms with van der Waals surface area (Å²) in [5.74, 6) is 1.18. The van der Waals surface area contributed by atoms with Crippen LogP contribution in [0.15, 0.2) is 24.3 Å². The molecule has 2 fully saturated rings. The van der Waals surface area contributed by atoms with Crippen molar-refractivity contribution in [1.82, 2.24) is 10.2 Å². The summed E-state index contributed by atoms with van der Waals surface area (Å²) >= 11 is 5.99. The lowest BCUT2D eigenvalue weighted by Crippen LogP contribution is -2.53. The first-order valence-electron chi connectivity index (χ1n) is 9.85. The number of amides is 1. The number of nitrogens with zero attached hydrogens (tertiary/aromatic N) is 1. The van der Waals surface area contributed by atoms with Crippen molar-refractivity contribution < 1.29 is 4.79 Å². The van der Waals surface area contributed by atoms with E-state index in [1.807, 2.05) is 12.1 Å². The molecule has 1 atom stereocenters. The number of hydrogen-bond acceptors (Lipinski definition) is 2. The Morgan fingerprint density at radius 1 is 1.08 bits per heavy atom. The molecule has 0 aromatic heterocycles. The van der Waals surface area contributed by atoms with E-state index in [9.17, 15) is 4.79 Å². The highest BCUT2D eigenvalue weighted by atomic mass is 35.5. The predicted molar refractivity (Wildman–Crippen MR) is 104 cm³/mol. The molecule has 0 radical (unpaired) electrons. The second-order valence-corrected chi connectivity index (χ2v) is 8.46. The first-order valence-corrected chi connectivity index (χ1v) is 10.2. The van der Waals surface area contributed by atoms with Crippen molar-refractivity contribution in [2.75, 3.05) is 13.1 Å². The molecule has 1 N–H and O–H groups in total. The topological polar surface area (TPSA) is 32.3 Å². The number of hydrogen-bond donors (Lipinski definition) is 1. The van der Waals surface area contributed by atoms with Crippen molar-refractivity contribution in [3.8, 4) is 0 Å². The van der Waals surface area contributed by atoms with Gasteiger partial charge in [0.2, 0.25) is 5.91 Å². The van der Waals surface area contributed by atoms with Crippen molar-refractivity contribution in [2.45, 2.75) is 70.4 Å². The summed E-state index contributed by atoms with van der Waals surface area (Å²) in [5, 5.41) is 4.44. The molecule has 0 spiro atoms. The highest BCUT2D eigenvalue weighted by Crippen LogP contribution is 2.29. The van der Waals surface area contributed by atoms with Gasteiger partial charge in [0.25, 0.3) is 0 Å². The van der Waals surface area contributed by atoms with E-state index < -0.39 is 0 Å². The lowest BCUT2D eigenvalue weighted by Gasteiger charge is -2.36. The molecular weight excluding hydrogens is 332 g/mol. The van der Waals surface area contributed by atoms with Crippen LogP contribution >= 0.6 is 11.6 Å². The van der Waals surface area contributed by atoms with Crippen LogP contribution in [0, 0.1) is 5.92 Å². The van der Waals surface area contributed by atoms with Gasteiger partial charge in [-0.3, -0.25) is 4.79 Å². The fourth-order valence-corrected chi connectivity index (χ4v) is 4.39. The minimum Gasteiger partial charge on any atom is -0.341 e. The van der Waals surface area contributed by atoms with Crippen LogP contribution in [0.1, 0.15) is 63.9 Å². The minimum atomic E-state index is -0.0322. The Hall–Kier alpha value is -1.06. The van der Waals surface area contributed by atoms with Crippen LogP contribution in [0.2, 0.25) is 5.02 Å². The summed E-state index contributed by atoms with van der Waals surface area (Å²) < 4.78 is 0. The predicted octanol–water partition coefficient (Wildman–Crippen LogP) is 4.60. The van der Waals surface area contributed by atoms with E-state index in [1.54, 1.807) is 0 Å². The quantitative estimate of drug-likeness (QED) is 0.829. The first-order chi connectivity index (χ1) is 12.0. The van der Waals surface area contributed by atoms with Crippen LogP contribution < -0.4 is 5.32 Å². The molecule has 3 nitrogen and oxygen atoms in total. The Bertz CT molecular complexity index is 558. The van der Waals surface area contributed by atoms with Gasteiger partial charge in [-0.1, -0.05) is 50.4 Å². The number of likely N-dealkylation sites (tertiary alicyclic amines) is 1. The van der Waals surface area contributed by atoms with Crippen LogP contribution in [0.3, 0.4) is 0 Å². The van der Waals surface area contributed by atoms with Gasteiger partial charge in [0, 0.05) is 24.2 Å². The number of rotatable bonds is 5. The molecule has 1 saturated heterocycles. The van der Waals surface area contributed by atoms with Gasteiger partial charge in [-0.15, -0.1) is 0 Å². The van der Waals surface area contributed by atoms with E-state index in [-0.39, 0.29) is 6.04 Å². The number of benzene rings is 1. The zero-order valence-electron chi connectivity index (χ0n) is 15.5. The fourth-order valence-electron chi connectivity index (χ4n) is 4.26. The summed E-state index contributed by atoms with van der Waals surface area (Å²) in [6, 6.07) is 8.69. The molecule has 0 bridgehead atoms. The normalized spacial score (nSPS) is 21.0. The van der Waals surface area contributed by atoms with Crippen LogP contribution in [0.4, 0.5) is 0 Å². The van der Waals surface area contributed by atoms with E-state index in [4.69, 9.17) is 11.6 Å². The van der Waals surface area contributed by atoms with Crippen molar-refractivity contribution >= 4 is 17.5 Å². The molecule has 1 aromatic carbocycles. The Balaban J connectivity index is 1.56. The molecule has 1 aromatic rings. The highest BCUT2D eigenvalue weighted by molar-refractivity contribution is 6.30. The molecule has 2 aliphatic rings. The molecule has 138 valence electrons. The number of piperidine rings is 1. The van der Waals surface area contributed by atoms with Gasteiger partial charge in [0.1, 0.15) is 0 Å². The van der Waals surface area contributed by atoms with Crippen LogP contribution in [-0.4, -0.2) is 36.0 Å². The standard InChI is InChI=1S/C21H31ClN2O/c1-15(2)20(23-19-5-3-4-6-19)21(25)24-13-11-17(12-14-24)16-7-9-18(22)10-8-16/h7-10,15,17,19-20,23H,3-6,11-14H2,1-2H3/t20-/m1/s1. The van der Waals surface area contributed by atoms with Gasteiger partial charge < -0.3 is 10.2 Å². The van der Waals surface area contributed by atoms with E-state index >= 15 is 0 Å². The van der Waals surface area contributed by atoms with E-state index in [0.29, 0.717) is 23.8 Å². The number of carbonyl (C=O) groups excluding carboxylic acids is 1. The van der Waals surface area contributed by atoms with Crippen molar-refractivity contribution in [3.05, 3.63) is 34.9 Å². The van der Waals surface area contributed by atoms with Crippen LogP contribution in [0.5, 0.6) is 0 Å². The van der Waals surface area contributed by atoms with Crippen molar-refractivity contribution in [3.63, 3.8) is 0 Å². The summed E-state index contributed by atoms with van der Waals surface area (Å²) in [7, 11) is 0. The Morgan fingerprint density at radius 2 is 1.68 bits per heavy atom. The summed E-state index contributed by atoms with van der Waals surface area (Å²) in [4.78, 5) is 15.1. The first kappa shape index (κ1) is 18.7. The maximum atomic E-state index is 13.1. The Morgan fingerprint density at radius 3 is 2.24 bits per heavy atom. The monoisotopic (exact) mass is 362 g/mol. The Labute approximate surface area is 157 Å². The molecule has 1 aliphatic carbocycles. The van der Waals surface area contributed by atoms with Crippen molar-refractivity contribution in [2.24, 2.45) is 5.92 Å². The average Bonchev–Trinajstić information content (AvgIpc) is 3.13. The molecule has 1 amide bonds. The van der Waals surface area contributed by atoms with Crippen molar-refractivity contribution in [1.29, 1.82) is 0 Å². The van der Waals surface area contributed by atoms with Crippen LogP contribution in [-0.2, 0) is 4.79 Å². The second-order valence-electron chi connectivity index (χ2n) is 8.02. The van der Waals surface area contributed by atoms with Gasteiger partial charge in [-0.05, 0) is 55.2 Å². The van der Waals surface area contributed by atoms with Gasteiger partial charge >= 0.3 is 0 Å². The third kappa shape index (κ3) is 4.77. The SMILES string of the molecule is CC(C)[C@@H](NC1CCCC1)C(=O)N1CCC(c2ccc(Cl)cc2)CC1. The molecule has 3 rings (SSSR count). The number of halogens is 1. The third-order valence-electron chi connectivity index (χ3n) is 5.85. The summed E-state index contributed by atoms with van der Waals surface area (Å²) in [6.45, 7) is 6.04. The number of carbonyl (C=O) groups is 1. The maximum absolute atomic E-state index is 13.1.